The van der Waals surface area contributed by atoms with Gasteiger partial charge in [-0.15, -0.1) is 0 Å². The van der Waals surface area contributed by atoms with Crippen molar-refractivity contribution >= 4 is 5.91 Å². The van der Waals surface area contributed by atoms with Gasteiger partial charge in [-0.3, -0.25) is 9.78 Å². The molecule has 0 spiro atoms. The predicted octanol–water partition coefficient (Wildman–Crippen LogP) is 1.49. The summed E-state index contributed by atoms with van der Waals surface area (Å²) >= 11 is 0. The summed E-state index contributed by atoms with van der Waals surface area (Å²) in [5, 5.41) is 11.3. The molecule has 0 saturated carbocycles. The molecule has 106 valence electrons. The molecule has 2 aromatic rings. The molecule has 0 unspecified atom stereocenters. The zero-order valence-electron chi connectivity index (χ0n) is 11.1. The van der Waals surface area contributed by atoms with E-state index in [0.29, 0.717) is 6.54 Å². The maximum Gasteiger partial charge on any atom is 0.251 e. The highest BCUT2D eigenvalue weighted by Gasteiger charge is 2.08. The van der Waals surface area contributed by atoms with E-state index in [-0.39, 0.29) is 23.6 Å². The van der Waals surface area contributed by atoms with E-state index in [1.165, 1.54) is 12.1 Å². The average molecular weight is 284 g/mol. The van der Waals surface area contributed by atoms with E-state index in [1.807, 2.05) is 0 Å². The topological polar surface area (TPSA) is 62.2 Å². The van der Waals surface area contributed by atoms with E-state index in [2.05, 4.69) is 22.1 Å². The van der Waals surface area contributed by atoms with Gasteiger partial charge in [-0.1, -0.05) is 11.8 Å². The summed E-state index contributed by atoms with van der Waals surface area (Å²) in [5.74, 6) is 3.87. The lowest BCUT2D eigenvalue weighted by atomic mass is 10.1. The summed E-state index contributed by atoms with van der Waals surface area (Å²) in [4.78, 5) is 15.8. The third-order valence-corrected chi connectivity index (χ3v) is 2.74. The molecule has 0 bridgehead atoms. The lowest BCUT2D eigenvalue weighted by molar-refractivity contribution is 0.0950. The third kappa shape index (κ3) is 4.13. The molecule has 1 aromatic heterocycles. The minimum absolute atomic E-state index is 0.148. The second-order valence-electron chi connectivity index (χ2n) is 4.19. The summed E-state index contributed by atoms with van der Waals surface area (Å²) in [6.07, 6.45) is 3.27. The Morgan fingerprint density at radius 1 is 1.29 bits per heavy atom. The van der Waals surface area contributed by atoms with E-state index in [1.54, 1.807) is 24.5 Å². The zero-order chi connectivity index (χ0) is 15.1. The summed E-state index contributed by atoms with van der Waals surface area (Å²) in [6, 6.07) is 7.61. The minimum atomic E-state index is -0.590. The first-order valence-electron chi connectivity index (χ1n) is 6.27. The fourth-order valence-electron chi connectivity index (χ4n) is 1.68. The van der Waals surface area contributed by atoms with Crippen LogP contribution in [0.3, 0.4) is 0 Å². The van der Waals surface area contributed by atoms with Crippen molar-refractivity contribution in [2.45, 2.75) is 6.54 Å². The van der Waals surface area contributed by atoms with Crippen LogP contribution in [0.25, 0.3) is 0 Å². The molecule has 0 radical (unpaired) electrons. The maximum absolute atomic E-state index is 13.7. The molecule has 0 aliphatic carbocycles. The predicted molar refractivity (Wildman–Crippen MR) is 75.8 cm³/mol. The molecular formula is C16H13FN2O2. The number of amides is 1. The quantitative estimate of drug-likeness (QED) is 0.840. The molecular weight excluding hydrogens is 271 g/mol. The van der Waals surface area contributed by atoms with Crippen LogP contribution in [-0.2, 0) is 6.54 Å². The van der Waals surface area contributed by atoms with Crippen molar-refractivity contribution in [3.63, 3.8) is 0 Å². The van der Waals surface area contributed by atoms with E-state index < -0.39 is 5.82 Å². The smallest absolute Gasteiger partial charge is 0.251 e. The number of aliphatic hydroxyl groups is 1. The van der Waals surface area contributed by atoms with Gasteiger partial charge in [0.15, 0.2) is 0 Å². The van der Waals surface area contributed by atoms with Gasteiger partial charge in [0, 0.05) is 24.5 Å². The maximum atomic E-state index is 13.7. The van der Waals surface area contributed by atoms with E-state index in [0.717, 1.165) is 11.6 Å². The number of carbonyl (C=O) groups is 1. The van der Waals surface area contributed by atoms with Crippen molar-refractivity contribution < 1.29 is 14.3 Å². The molecule has 1 heterocycles. The number of hydrogen-bond donors (Lipinski definition) is 2. The number of nitrogens with zero attached hydrogens (tertiary/aromatic N) is 1. The number of nitrogens with one attached hydrogen (secondary N) is 1. The van der Waals surface area contributed by atoms with Crippen molar-refractivity contribution in [1.29, 1.82) is 0 Å². The fourth-order valence-corrected chi connectivity index (χ4v) is 1.68. The zero-order valence-corrected chi connectivity index (χ0v) is 11.1. The van der Waals surface area contributed by atoms with Crippen LogP contribution in [0.5, 0.6) is 0 Å². The minimum Gasteiger partial charge on any atom is -0.384 e. The Morgan fingerprint density at radius 2 is 2.05 bits per heavy atom. The first kappa shape index (κ1) is 14.7. The Labute approximate surface area is 121 Å². The number of carbonyl (C=O) groups excluding carboxylic acids is 1. The number of rotatable bonds is 3. The van der Waals surface area contributed by atoms with Crippen LogP contribution >= 0.6 is 0 Å². The normalized spacial score (nSPS) is 9.62. The largest absolute Gasteiger partial charge is 0.384 e. The second kappa shape index (κ2) is 7.17. The highest BCUT2D eigenvalue weighted by atomic mass is 19.1. The Balaban J connectivity index is 2.04. The van der Waals surface area contributed by atoms with Crippen LogP contribution in [0.1, 0.15) is 21.5 Å². The van der Waals surface area contributed by atoms with Crippen LogP contribution in [-0.4, -0.2) is 22.6 Å². The van der Waals surface area contributed by atoms with Gasteiger partial charge in [0.1, 0.15) is 12.4 Å². The van der Waals surface area contributed by atoms with Crippen LogP contribution in [0, 0.1) is 17.7 Å². The first-order valence-corrected chi connectivity index (χ1v) is 6.27. The van der Waals surface area contributed by atoms with E-state index in [4.69, 9.17) is 5.11 Å². The van der Waals surface area contributed by atoms with Gasteiger partial charge in [-0.25, -0.2) is 4.39 Å². The molecule has 1 amide bonds. The van der Waals surface area contributed by atoms with Crippen LogP contribution in [0.4, 0.5) is 4.39 Å². The summed E-state index contributed by atoms with van der Waals surface area (Å²) in [7, 11) is 0. The molecule has 1 aromatic carbocycles. The molecule has 0 aliphatic rings. The van der Waals surface area contributed by atoms with Gasteiger partial charge in [0.2, 0.25) is 0 Å². The van der Waals surface area contributed by atoms with E-state index >= 15 is 0 Å². The number of pyridine rings is 1. The Kier molecular flexibility index (Phi) is 5.02. The third-order valence-electron chi connectivity index (χ3n) is 2.74. The van der Waals surface area contributed by atoms with Crippen LogP contribution in [0.15, 0.2) is 42.7 Å². The van der Waals surface area contributed by atoms with Crippen molar-refractivity contribution in [2.75, 3.05) is 6.61 Å². The van der Waals surface area contributed by atoms with Crippen molar-refractivity contribution in [2.24, 2.45) is 0 Å². The van der Waals surface area contributed by atoms with Gasteiger partial charge in [0.05, 0.1) is 5.56 Å². The standard InChI is InChI=1S/C16H13FN2O2/c17-15-10-14(4-3-13(15)2-1-9-20)16(21)19-11-12-5-7-18-8-6-12/h3-8,10,20H,9,11H2,(H,19,21). The van der Waals surface area contributed by atoms with Crippen LogP contribution < -0.4 is 5.32 Å². The average Bonchev–Trinajstić information content (AvgIpc) is 2.52. The Bertz CT molecular complexity index is 690. The number of halogens is 1. The number of aliphatic hydroxyl groups excluding tert-OH is 1. The van der Waals surface area contributed by atoms with Gasteiger partial charge >= 0.3 is 0 Å². The number of hydrogen-bond acceptors (Lipinski definition) is 3. The molecule has 4 nitrogen and oxygen atoms in total. The number of benzene rings is 1. The van der Waals surface area contributed by atoms with Crippen molar-refractivity contribution in [3.05, 3.63) is 65.2 Å². The van der Waals surface area contributed by atoms with Crippen molar-refractivity contribution in [1.82, 2.24) is 10.3 Å². The lowest BCUT2D eigenvalue weighted by Crippen LogP contribution is -2.22. The molecule has 2 rings (SSSR count). The van der Waals surface area contributed by atoms with Gasteiger partial charge in [-0.05, 0) is 35.9 Å². The first-order chi connectivity index (χ1) is 10.2. The SMILES string of the molecule is O=C(NCc1ccncc1)c1ccc(C#CCO)c(F)c1. The Morgan fingerprint density at radius 3 is 2.71 bits per heavy atom. The molecule has 0 atom stereocenters. The summed E-state index contributed by atoms with van der Waals surface area (Å²) in [6.45, 7) is 0.00263. The van der Waals surface area contributed by atoms with Crippen LogP contribution in [0.2, 0.25) is 0 Å². The molecule has 21 heavy (non-hydrogen) atoms. The molecule has 0 saturated heterocycles. The lowest BCUT2D eigenvalue weighted by Gasteiger charge is -2.06. The molecule has 0 fully saturated rings. The monoisotopic (exact) mass is 284 g/mol. The summed E-state index contributed by atoms with van der Waals surface area (Å²) < 4.78 is 13.7. The molecule has 2 N–H and O–H groups in total. The molecule has 5 heteroatoms. The second-order valence-corrected chi connectivity index (χ2v) is 4.19. The van der Waals surface area contributed by atoms with Crippen molar-refractivity contribution in [3.8, 4) is 11.8 Å². The molecule has 0 aliphatic heterocycles. The number of aromatic nitrogens is 1. The van der Waals surface area contributed by atoms with Gasteiger partial charge < -0.3 is 10.4 Å². The van der Waals surface area contributed by atoms with Gasteiger partial charge in [-0.2, -0.15) is 0 Å². The highest BCUT2D eigenvalue weighted by Crippen LogP contribution is 2.10. The van der Waals surface area contributed by atoms with E-state index in [9.17, 15) is 9.18 Å². The summed E-state index contributed by atoms with van der Waals surface area (Å²) in [5.41, 5.74) is 1.27. The fraction of sp³-hybridized carbons (Fsp3) is 0.125. The Hall–Kier alpha value is -2.71. The van der Waals surface area contributed by atoms with Gasteiger partial charge in [0.25, 0.3) is 5.91 Å². The highest BCUT2D eigenvalue weighted by molar-refractivity contribution is 5.94.